The van der Waals surface area contributed by atoms with Crippen molar-refractivity contribution in [2.45, 2.75) is 19.9 Å². The summed E-state index contributed by atoms with van der Waals surface area (Å²) in [6.07, 6.45) is 0. The second kappa shape index (κ2) is 7.47. The van der Waals surface area contributed by atoms with E-state index in [1.165, 1.54) is 36.3 Å². The number of ether oxygens (including phenoxy) is 2. The van der Waals surface area contributed by atoms with Gasteiger partial charge in [-0.2, -0.15) is 0 Å². The first kappa shape index (κ1) is 15.9. The van der Waals surface area contributed by atoms with Crippen molar-refractivity contribution >= 4 is 11.9 Å². The lowest BCUT2D eigenvalue weighted by Crippen LogP contribution is -2.43. The molecule has 20 heavy (non-hydrogen) atoms. The SMILES string of the molecule is COC(=O)CN(C(=O)COc1ccc(F)cc1)C(C)C. The Labute approximate surface area is 117 Å². The fourth-order valence-corrected chi connectivity index (χ4v) is 1.52. The molecule has 0 heterocycles. The van der Waals surface area contributed by atoms with Crippen molar-refractivity contribution < 1.29 is 23.5 Å². The minimum atomic E-state index is -0.492. The molecule has 0 aliphatic heterocycles. The maximum atomic E-state index is 12.7. The molecule has 0 aliphatic carbocycles. The number of hydrogen-bond donors (Lipinski definition) is 0. The summed E-state index contributed by atoms with van der Waals surface area (Å²) in [7, 11) is 1.26. The zero-order valence-corrected chi connectivity index (χ0v) is 11.8. The summed E-state index contributed by atoms with van der Waals surface area (Å²) in [5.74, 6) is -0.816. The molecular formula is C14H18FNO4. The van der Waals surface area contributed by atoms with Gasteiger partial charge in [-0.25, -0.2) is 4.39 Å². The standard InChI is InChI=1S/C14H18FNO4/c1-10(2)16(8-14(18)19-3)13(17)9-20-12-6-4-11(15)5-7-12/h4-7,10H,8-9H2,1-3H3. The van der Waals surface area contributed by atoms with Crippen LogP contribution in [0.1, 0.15) is 13.8 Å². The predicted octanol–water partition coefficient (Wildman–Crippen LogP) is 1.61. The molecular weight excluding hydrogens is 265 g/mol. The third-order valence-corrected chi connectivity index (χ3v) is 2.65. The van der Waals surface area contributed by atoms with Gasteiger partial charge in [0, 0.05) is 6.04 Å². The molecule has 0 atom stereocenters. The Balaban J connectivity index is 2.57. The number of hydrogen-bond acceptors (Lipinski definition) is 4. The molecule has 0 spiro atoms. The number of carbonyl (C=O) groups is 2. The van der Waals surface area contributed by atoms with Gasteiger partial charge in [0.15, 0.2) is 6.61 Å². The molecule has 0 aromatic heterocycles. The molecule has 0 N–H and O–H groups in total. The van der Waals surface area contributed by atoms with Crippen LogP contribution in [-0.2, 0) is 14.3 Å². The normalized spacial score (nSPS) is 10.2. The largest absolute Gasteiger partial charge is 0.484 e. The van der Waals surface area contributed by atoms with Crippen molar-refractivity contribution in [1.29, 1.82) is 0 Å². The molecule has 0 fully saturated rings. The average Bonchev–Trinajstić information content (AvgIpc) is 2.43. The molecule has 1 amide bonds. The minimum absolute atomic E-state index is 0.125. The van der Waals surface area contributed by atoms with Gasteiger partial charge in [0.2, 0.25) is 0 Å². The van der Waals surface area contributed by atoms with Crippen LogP contribution in [0.25, 0.3) is 0 Å². The first-order valence-electron chi connectivity index (χ1n) is 6.18. The van der Waals surface area contributed by atoms with Crippen molar-refractivity contribution in [1.82, 2.24) is 4.90 Å². The van der Waals surface area contributed by atoms with Crippen LogP contribution in [0.2, 0.25) is 0 Å². The number of benzene rings is 1. The van der Waals surface area contributed by atoms with E-state index in [4.69, 9.17) is 4.74 Å². The summed E-state index contributed by atoms with van der Waals surface area (Å²) in [6.45, 7) is 3.23. The first-order chi connectivity index (χ1) is 9.43. The molecule has 1 rings (SSSR count). The quantitative estimate of drug-likeness (QED) is 0.744. The van der Waals surface area contributed by atoms with Gasteiger partial charge < -0.3 is 14.4 Å². The Kier molecular flexibility index (Phi) is 5.96. The Morgan fingerprint density at radius 3 is 2.35 bits per heavy atom. The Bertz CT molecular complexity index is 459. The molecule has 0 aliphatic rings. The van der Waals surface area contributed by atoms with Crippen molar-refractivity contribution in [3.63, 3.8) is 0 Å². The van der Waals surface area contributed by atoms with Crippen LogP contribution in [0.15, 0.2) is 24.3 Å². The summed E-state index contributed by atoms with van der Waals surface area (Å²) in [4.78, 5) is 24.6. The van der Waals surface area contributed by atoms with Gasteiger partial charge in [-0.3, -0.25) is 9.59 Å². The summed E-state index contributed by atoms with van der Waals surface area (Å²) in [5, 5.41) is 0. The van der Waals surface area contributed by atoms with E-state index < -0.39 is 5.97 Å². The lowest BCUT2D eigenvalue weighted by atomic mass is 10.3. The third-order valence-electron chi connectivity index (χ3n) is 2.65. The number of rotatable bonds is 6. The second-order valence-corrected chi connectivity index (χ2v) is 4.43. The zero-order valence-electron chi connectivity index (χ0n) is 11.8. The highest BCUT2D eigenvalue weighted by Crippen LogP contribution is 2.11. The summed E-state index contributed by atoms with van der Waals surface area (Å²) in [6, 6.07) is 5.20. The van der Waals surface area contributed by atoms with E-state index in [9.17, 15) is 14.0 Å². The minimum Gasteiger partial charge on any atom is -0.484 e. The predicted molar refractivity (Wildman–Crippen MR) is 70.8 cm³/mol. The van der Waals surface area contributed by atoms with Gasteiger partial charge in [0.1, 0.15) is 18.1 Å². The van der Waals surface area contributed by atoms with Gasteiger partial charge in [-0.15, -0.1) is 0 Å². The molecule has 0 radical (unpaired) electrons. The maximum absolute atomic E-state index is 12.7. The van der Waals surface area contributed by atoms with Crippen LogP contribution in [0.3, 0.4) is 0 Å². The number of nitrogens with zero attached hydrogens (tertiary/aromatic N) is 1. The molecule has 0 saturated heterocycles. The van der Waals surface area contributed by atoms with Gasteiger partial charge in [-0.05, 0) is 38.1 Å². The van der Waals surface area contributed by atoms with Crippen LogP contribution in [0.4, 0.5) is 4.39 Å². The molecule has 0 unspecified atom stereocenters. The number of halogens is 1. The Hall–Kier alpha value is -2.11. The summed E-state index contributed by atoms with van der Waals surface area (Å²) in [5.41, 5.74) is 0. The van der Waals surface area contributed by atoms with E-state index in [-0.39, 0.29) is 30.9 Å². The van der Waals surface area contributed by atoms with Gasteiger partial charge in [0.25, 0.3) is 5.91 Å². The van der Waals surface area contributed by atoms with Gasteiger partial charge in [-0.1, -0.05) is 0 Å². The number of carbonyl (C=O) groups excluding carboxylic acids is 2. The second-order valence-electron chi connectivity index (χ2n) is 4.43. The van der Waals surface area contributed by atoms with Crippen LogP contribution < -0.4 is 4.74 Å². The Morgan fingerprint density at radius 2 is 1.85 bits per heavy atom. The molecule has 5 nitrogen and oxygen atoms in total. The van der Waals surface area contributed by atoms with Crippen molar-refractivity contribution in [2.24, 2.45) is 0 Å². The maximum Gasteiger partial charge on any atom is 0.325 e. The van der Waals surface area contributed by atoms with Crippen LogP contribution >= 0.6 is 0 Å². The monoisotopic (exact) mass is 283 g/mol. The van der Waals surface area contributed by atoms with E-state index in [1.54, 1.807) is 13.8 Å². The highest BCUT2D eigenvalue weighted by molar-refractivity contribution is 5.83. The highest BCUT2D eigenvalue weighted by atomic mass is 19.1. The van der Waals surface area contributed by atoms with Crippen LogP contribution in [-0.4, -0.2) is 43.1 Å². The number of esters is 1. The van der Waals surface area contributed by atoms with E-state index >= 15 is 0 Å². The molecule has 0 saturated carbocycles. The first-order valence-corrected chi connectivity index (χ1v) is 6.18. The Morgan fingerprint density at radius 1 is 1.25 bits per heavy atom. The lowest BCUT2D eigenvalue weighted by molar-refractivity contribution is -0.149. The smallest absolute Gasteiger partial charge is 0.325 e. The average molecular weight is 283 g/mol. The lowest BCUT2D eigenvalue weighted by Gasteiger charge is -2.25. The van der Waals surface area contributed by atoms with Crippen molar-refractivity contribution in [3.05, 3.63) is 30.1 Å². The third kappa shape index (κ3) is 4.87. The van der Waals surface area contributed by atoms with Crippen molar-refractivity contribution in [3.8, 4) is 5.75 Å². The summed E-state index contributed by atoms with van der Waals surface area (Å²) >= 11 is 0. The molecule has 0 bridgehead atoms. The summed E-state index contributed by atoms with van der Waals surface area (Å²) < 4.78 is 22.5. The van der Waals surface area contributed by atoms with E-state index in [0.717, 1.165) is 0 Å². The van der Waals surface area contributed by atoms with Crippen LogP contribution in [0.5, 0.6) is 5.75 Å². The van der Waals surface area contributed by atoms with E-state index in [0.29, 0.717) is 5.75 Å². The zero-order chi connectivity index (χ0) is 15.1. The van der Waals surface area contributed by atoms with Gasteiger partial charge in [0.05, 0.1) is 7.11 Å². The fraction of sp³-hybridized carbons (Fsp3) is 0.429. The van der Waals surface area contributed by atoms with E-state index in [2.05, 4.69) is 4.74 Å². The molecule has 110 valence electrons. The molecule has 6 heteroatoms. The van der Waals surface area contributed by atoms with E-state index in [1.807, 2.05) is 0 Å². The van der Waals surface area contributed by atoms with Crippen LogP contribution in [0, 0.1) is 5.82 Å². The van der Waals surface area contributed by atoms with Crippen molar-refractivity contribution in [2.75, 3.05) is 20.3 Å². The molecule has 1 aromatic rings. The molecule has 1 aromatic carbocycles. The van der Waals surface area contributed by atoms with Gasteiger partial charge >= 0.3 is 5.97 Å². The number of methoxy groups -OCH3 is 1. The number of amides is 1. The fourth-order valence-electron chi connectivity index (χ4n) is 1.52. The topological polar surface area (TPSA) is 55.8 Å². The highest BCUT2D eigenvalue weighted by Gasteiger charge is 2.20.